The lowest BCUT2D eigenvalue weighted by molar-refractivity contribution is 0.0989. The molecule has 0 saturated carbocycles. The lowest BCUT2D eigenvalue weighted by atomic mass is 10.3. The zero-order valence-corrected chi connectivity index (χ0v) is 7.34. The summed E-state index contributed by atoms with van der Waals surface area (Å²) in [6.45, 7) is -0.208. The Morgan fingerprint density at radius 1 is 1.57 bits per heavy atom. The molecule has 1 amide bonds. The highest BCUT2D eigenvalue weighted by Gasteiger charge is 2.13. The van der Waals surface area contributed by atoms with Crippen molar-refractivity contribution >= 4 is 11.4 Å². The van der Waals surface area contributed by atoms with Crippen LogP contribution >= 0.6 is 0 Å². The number of carbonyl (C=O) groups is 1. The van der Waals surface area contributed by atoms with Gasteiger partial charge in [-0.15, -0.1) is 0 Å². The van der Waals surface area contributed by atoms with Gasteiger partial charge in [-0.3, -0.25) is 9.20 Å². The molecular weight excluding hydrogens is 182 g/mol. The van der Waals surface area contributed by atoms with E-state index in [9.17, 15) is 4.79 Å². The van der Waals surface area contributed by atoms with Crippen LogP contribution in [-0.2, 0) is 6.61 Å². The van der Waals surface area contributed by atoms with Gasteiger partial charge in [-0.2, -0.15) is 0 Å². The summed E-state index contributed by atoms with van der Waals surface area (Å²) < 4.78 is 1.56. The van der Waals surface area contributed by atoms with Crippen molar-refractivity contribution in [3.63, 3.8) is 0 Å². The Labute approximate surface area is 79.8 Å². The van der Waals surface area contributed by atoms with Crippen LogP contribution in [0, 0.1) is 0 Å². The molecule has 0 saturated heterocycles. The second-order valence-corrected chi connectivity index (χ2v) is 2.86. The fourth-order valence-corrected chi connectivity index (χ4v) is 1.39. The molecule has 14 heavy (non-hydrogen) atoms. The Hall–Kier alpha value is -1.88. The quantitative estimate of drug-likeness (QED) is 0.697. The Bertz CT molecular complexity index is 490. The Morgan fingerprint density at radius 3 is 3.00 bits per heavy atom. The molecule has 0 aliphatic rings. The van der Waals surface area contributed by atoms with E-state index in [-0.39, 0.29) is 12.4 Å². The lowest BCUT2D eigenvalue weighted by Gasteiger charge is -1.95. The number of carbonyl (C=O) groups excluding carboxylic acids is 1. The van der Waals surface area contributed by atoms with Crippen molar-refractivity contribution < 1.29 is 9.90 Å². The van der Waals surface area contributed by atoms with Gasteiger partial charge in [0.05, 0.1) is 17.8 Å². The second-order valence-electron chi connectivity index (χ2n) is 2.86. The maximum absolute atomic E-state index is 11.0. The smallest absolute Gasteiger partial charge is 0.285 e. The topological polar surface area (TPSA) is 80.6 Å². The van der Waals surface area contributed by atoms with Gasteiger partial charge in [-0.1, -0.05) is 6.07 Å². The van der Waals surface area contributed by atoms with E-state index in [0.29, 0.717) is 11.2 Å². The van der Waals surface area contributed by atoms with Crippen LogP contribution in [0.1, 0.15) is 16.3 Å². The van der Waals surface area contributed by atoms with Gasteiger partial charge in [0.15, 0.2) is 0 Å². The van der Waals surface area contributed by atoms with Crippen molar-refractivity contribution in [3.8, 4) is 0 Å². The third kappa shape index (κ3) is 1.14. The molecular formula is C9H9N3O2. The summed E-state index contributed by atoms with van der Waals surface area (Å²) in [6.07, 6.45) is 1.68. The highest BCUT2D eigenvalue weighted by Crippen LogP contribution is 2.12. The van der Waals surface area contributed by atoms with Gasteiger partial charge in [0, 0.05) is 6.20 Å². The fraction of sp³-hybridized carbons (Fsp3) is 0.111. The number of pyridine rings is 1. The van der Waals surface area contributed by atoms with E-state index in [2.05, 4.69) is 4.98 Å². The predicted octanol–water partition coefficient (Wildman–Crippen LogP) is -0.0745. The van der Waals surface area contributed by atoms with Crippen molar-refractivity contribution in [1.29, 1.82) is 0 Å². The number of primary amides is 1. The van der Waals surface area contributed by atoms with Gasteiger partial charge >= 0.3 is 0 Å². The number of hydrogen-bond acceptors (Lipinski definition) is 3. The highest BCUT2D eigenvalue weighted by molar-refractivity contribution is 5.90. The minimum Gasteiger partial charge on any atom is -0.390 e. The molecule has 0 fully saturated rings. The summed E-state index contributed by atoms with van der Waals surface area (Å²) in [5.74, 6) is -0.462. The maximum atomic E-state index is 11.0. The SMILES string of the molecule is NC(=O)c1nc(CO)c2ccccn12. The highest BCUT2D eigenvalue weighted by atomic mass is 16.3. The normalized spacial score (nSPS) is 10.6. The van der Waals surface area contributed by atoms with E-state index in [1.807, 2.05) is 0 Å². The average Bonchev–Trinajstić information content (AvgIpc) is 2.56. The van der Waals surface area contributed by atoms with Crippen LogP contribution in [0.3, 0.4) is 0 Å². The van der Waals surface area contributed by atoms with Crippen molar-refractivity contribution in [2.45, 2.75) is 6.61 Å². The number of fused-ring (bicyclic) bond motifs is 1. The van der Waals surface area contributed by atoms with Gasteiger partial charge in [0.1, 0.15) is 0 Å². The molecule has 0 aliphatic carbocycles. The fourth-order valence-electron chi connectivity index (χ4n) is 1.39. The summed E-state index contributed by atoms with van der Waals surface area (Å²) in [7, 11) is 0. The van der Waals surface area contributed by atoms with Crippen LogP contribution in [-0.4, -0.2) is 20.4 Å². The molecule has 72 valence electrons. The van der Waals surface area contributed by atoms with Crippen LogP contribution in [0.4, 0.5) is 0 Å². The first-order chi connectivity index (χ1) is 6.74. The van der Waals surface area contributed by atoms with Gasteiger partial charge in [-0.05, 0) is 12.1 Å². The van der Waals surface area contributed by atoms with Crippen molar-refractivity contribution in [2.24, 2.45) is 5.73 Å². The zero-order chi connectivity index (χ0) is 10.1. The molecule has 5 heteroatoms. The molecule has 2 heterocycles. The molecule has 0 aromatic carbocycles. The summed E-state index contributed by atoms with van der Waals surface area (Å²) in [5.41, 5.74) is 6.30. The first-order valence-electron chi connectivity index (χ1n) is 4.10. The number of nitrogens with two attached hydrogens (primary N) is 1. The maximum Gasteiger partial charge on any atom is 0.285 e. The molecule has 0 aliphatic heterocycles. The first kappa shape index (κ1) is 8.71. The van der Waals surface area contributed by atoms with Crippen LogP contribution in [0.5, 0.6) is 0 Å². The van der Waals surface area contributed by atoms with E-state index >= 15 is 0 Å². The Kier molecular flexibility index (Phi) is 1.94. The summed E-state index contributed by atoms with van der Waals surface area (Å²) in [4.78, 5) is 14.9. The van der Waals surface area contributed by atoms with E-state index in [0.717, 1.165) is 0 Å². The van der Waals surface area contributed by atoms with Crippen molar-refractivity contribution in [1.82, 2.24) is 9.38 Å². The number of rotatable bonds is 2. The number of aromatic nitrogens is 2. The Balaban J connectivity index is 2.80. The van der Waals surface area contributed by atoms with Gasteiger partial charge in [0.2, 0.25) is 5.82 Å². The summed E-state index contributed by atoms with van der Waals surface area (Å²) >= 11 is 0. The molecule has 0 spiro atoms. The Morgan fingerprint density at radius 2 is 2.36 bits per heavy atom. The molecule has 2 aromatic heterocycles. The zero-order valence-electron chi connectivity index (χ0n) is 7.34. The average molecular weight is 191 g/mol. The van der Waals surface area contributed by atoms with Crippen molar-refractivity contribution in [3.05, 3.63) is 35.9 Å². The number of nitrogens with zero attached hydrogens (tertiary/aromatic N) is 2. The number of imidazole rings is 1. The van der Waals surface area contributed by atoms with Gasteiger partial charge in [0.25, 0.3) is 5.91 Å². The van der Waals surface area contributed by atoms with E-state index in [1.165, 1.54) is 0 Å². The van der Waals surface area contributed by atoms with Crippen LogP contribution < -0.4 is 5.73 Å². The molecule has 0 atom stereocenters. The lowest BCUT2D eigenvalue weighted by Crippen LogP contribution is -2.15. The number of aliphatic hydroxyl groups is 1. The molecule has 2 aromatic rings. The molecule has 5 nitrogen and oxygen atoms in total. The summed E-state index contributed by atoms with van der Waals surface area (Å²) in [5, 5.41) is 9.00. The first-order valence-corrected chi connectivity index (χ1v) is 4.10. The molecule has 3 N–H and O–H groups in total. The van der Waals surface area contributed by atoms with E-state index < -0.39 is 5.91 Å². The molecule has 0 bridgehead atoms. The minimum atomic E-state index is -0.606. The summed E-state index contributed by atoms with van der Waals surface area (Å²) in [6, 6.07) is 5.34. The number of aliphatic hydroxyl groups excluding tert-OH is 1. The van der Waals surface area contributed by atoms with Crippen LogP contribution in [0.2, 0.25) is 0 Å². The van der Waals surface area contributed by atoms with Crippen LogP contribution in [0.15, 0.2) is 24.4 Å². The molecule has 2 rings (SSSR count). The second kappa shape index (κ2) is 3.12. The number of amides is 1. The molecule has 0 unspecified atom stereocenters. The monoisotopic (exact) mass is 191 g/mol. The largest absolute Gasteiger partial charge is 0.390 e. The molecule has 0 radical (unpaired) electrons. The third-order valence-electron chi connectivity index (χ3n) is 1.99. The standard InChI is InChI=1S/C9H9N3O2/c10-8(14)9-11-6(5-13)7-3-1-2-4-12(7)9/h1-4,13H,5H2,(H2,10,14). The van der Waals surface area contributed by atoms with Crippen LogP contribution in [0.25, 0.3) is 5.52 Å². The number of hydrogen-bond donors (Lipinski definition) is 2. The predicted molar refractivity (Wildman–Crippen MR) is 49.6 cm³/mol. The van der Waals surface area contributed by atoms with Gasteiger partial charge < -0.3 is 10.8 Å². The van der Waals surface area contributed by atoms with Gasteiger partial charge in [-0.25, -0.2) is 4.98 Å². The minimum absolute atomic E-state index is 0.143. The van der Waals surface area contributed by atoms with E-state index in [4.69, 9.17) is 10.8 Å². The van der Waals surface area contributed by atoms with Crippen molar-refractivity contribution in [2.75, 3.05) is 0 Å². The third-order valence-corrected chi connectivity index (χ3v) is 1.99. The van der Waals surface area contributed by atoms with E-state index in [1.54, 1.807) is 28.8 Å².